The molecule has 5 heteroatoms. The summed E-state index contributed by atoms with van der Waals surface area (Å²) < 4.78 is 2.13. The van der Waals surface area contributed by atoms with Crippen LogP contribution < -0.4 is 0 Å². The normalized spacial score (nSPS) is 11.8. The molecule has 4 aromatic rings. The Morgan fingerprint density at radius 1 is 0.909 bits per heavy atom. The highest BCUT2D eigenvalue weighted by atomic mass is 35.5. The summed E-state index contributed by atoms with van der Waals surface area (Å²) >= 11 is 13.2. The predicted molar refractivity (Wildman–Crippen MR) is 138 cm³/mol. The summed E-state index contributed by atoms with van der Waals surface area (Å²) in [6, 6.07) is 27.2. The first-order valence-electron chi connectivity index (χ1n) is 11.4. The molecule has 33 heavy (non-hydrogen) atoms. The molecule has 0 fully saturated rings. The van der Waals surface area contributed by atoms with Crippen LogP contribution in [0.25, 0.3) is 0 Å². The predicted octanol–water partition coefficient (Wildman–Crippen LogP) is 7.44. The highest BCUT2D eigenvalue weighted by molar-refractivity contribution is 6.33. The number of unbranched alkanes of at least 4 members (excludes halogenated alkanes) is 1. The van der Waals surface area contributed by atoms with E-state index in [4.69, 9.17) is 23.2 Å². The van der Waals surface area contributed by atoms with E-state index in [9.17, 15) is 0 Å². The first kappa shape index (κ1) is 23.6. The standard InChI is InChI=1S/C28H29Cl2N3/c1-2-3-17-33(22-32-18-16-31-21-32)28(24-10-6-4-7-11-24,25-12-8-5-9-13-25)20-23-19-26(29)14-15-27(23)30/h4-16,18-19,21H,2-3,17,20,22H2,1H3. The van der Waals surface area contributed by atoms with Gasteiger partial charge in [0.05, 0.1) is 18.5 Å². The van der Waals surface area contributed by atoms with Crippen molar-refractivity contribution in [3.63, 3.8) is 0 Å². The van der Waals surface area contributed by atoms with E-state index in [-0.39, 0.29) is 0 Å². The fraction of sp³-hybridized carbons (Fsp3) is 0.250. The monoisotopic (exact) mass is 477 g/mol. The SMILES string of the molecule is CCCCN(Cn1ccnc1)C(Cc1cc(Cl)ccc1Cl)(c1ccccc1)c1ccccc1. The van der Waals surface area contributed by atoms with Crippen LogP contribution in [0.5, 0.6) is 0 Å². The van der Waals surface area contributed by atoms with Gasteiger partial charge in [-0.15, -0.1) is 0 Å². The Morgan fingerprint density at radius 3 is 2.15 bits per heavy atom. The molecular formula is C28H29Cl2N3. The summed E-state index contributed by atoms with van der Waals surface area (Å²) in [5, 5.41) is 1.42. The zero-order valence-corrected chi connectivity index (χ0v) is 20.4. The Balaban J connectivity index is 1.95. The number of hydrogen-bond donors (Lipinski definition) is 0. The van der Waals surface area contributed by atoms with Gasteiger partial charge >= 0.3 is 0 Å². The minimum atomic E-state index is -0.448. The first-order valence-corrected chi connectivity index (χ1v) is 12.1. The van der Waals surface area contributed by atoms with Crippen LogP contribution in [-0.2, 0) is 18.6 Å². The van der Waals surface area contributed by atoms with E-state index in [2.05, 4.69) is 82.0 Å². The van der Waals surface area contributed by atoms with Gasteiger partial charge in [0.1, 0.15) is 0 Å². The zero-order chi connectivity index (χ0) is 23.1. The van der Waals surface area contributed by atoms with Crippen LogP contribution in [0.4, 0.5) is 0 Å². The van der Waals surface area contributed by atoms with Gasteiger partial charge in [-0.05, 0) is 41.3 Å². The molecule has 3 aromatic carbocycles. The molecule has 0 aliphatic heterocycles. The van der Waals surface area contributed by atoms with E-state index < -0.39 is 5.54 Å². The number of halogens is 2. The second-order valence-electron chi connectivity index (χ2n) is 8.34. The Kier molecular flexibility index (Phi) is 7.87. The molecule has 0 amide bonds. The van der Waals surface area contributed by atoms with E-state index in [1.54, 1.807) is 0 Å². The zero-order valence-electron chi connectivity index (χ0n) is 18.9. The average molecular weight is 478 g/mol. The van der Waals surface area contributed by atoms with Gasteiger partial charge in [-0.25, -0.2) is 4.98 Å². The van der Waals surface area contributed by atoms with Gasteiger partial charge in [0.15, 0.2) is 0 Å². The minimum absolute atomic E-state index is 0.448. The molecule has 1 aromatic heterocycles. The lowest BCUT2D eigenvalue weighted by atomic mass is 9.76. The topological polar surface area (TPSA) is 21.1 Å². The largest absolute Gasteiger partial charge is 0.324 e. The van der Waals surface area contributed by atoms with Crippen LogP contribution in [-0.4, -0.2) is 21.0 Å². The Hall–Kier alpha value is -2.59. The maximum atomic E-state index is 6.74. The smallest absolute Gasteiger partial charge is 0.0956 e. The van der Waals surface area contributed by atoms with Crippen molar-refractivity contribution in [3.05, 3.63) is 124 Å². The molecule has 0 unspecified atom stereocenters. The lowest BCUT2D eigenvalue weighted by molar-refractivity contribution is 0.0814. The molecular weight excluding hydrogens is 449 g/mol. The molecule has 0 aliphatic carbocycles. The van der Waals surface area contributed by atoms with Gasteiger partial charge in [0, 0.05) is 35.4 Å². The Bertz CT molecular complexity index is 1090. The van der Waals surface area contributed by atoms with Crippen molar-refractivity contribution in [2.75, 3.05) is 6.54 Å². The van der Waals surface area contributed by atoms with Crippen molar-refractivity contribution in [3.8, 4) is 0 Å². The first-order chi connectivity index (χ1) is 16.1. The van der Waals surface area contributed by atoms with Crippen molar-refractivity contribution in [1.82, 2.24) is 14.5 Å². The summed E-state index contributed by atoms with van der Waals surface area (Å²) in [5.74, 6) is 0. The van der Waals surface area contributed by atoms with Gasteiger partial charge in [0.25, 0.3) is 0 Å². The maximum Gasteiger partial charge on any atom is 0.0956 e. The highest BCUT2D eigenvalue weighted by Gasteiger charge is 2.40. The Morgan fingerprint density at radius 2 is 1.58 bits per heavy atom. The number of rotatable bonds is 10. The number of hydrogen-bond acceptors (Lipinski definition) is 2. The molecule has 4 rings (SSSR count). The van der Waals surface area contributed by atoms with Gasteiger partial charge in [-0.2, -0.15) is 0 Å². The fourth-order valence-electron chi connectivity index (χ4n) is 4.53. The van der Waals surface area contributed by atoms with E-state index >= 15 is 0 Å². The maximum absolute atomic E-state index is 6.74. The molecule has 1 heterocycles. The van der Waals surface area contributed by atoms with E-state index in [0.29, 0.717) is 18.1 Å². The van der Waals surface area contributed by atoms with E-state index in [1.807, 2.05) is 36.9 Å². The molecule has 0 saturated heterocycles. The van der Waals surface area contributed by atoms with Crippen molar-refractivity contribution < 1.29 is 0 Å². The molecule has 0 atom stereocenters. The average Bonchev–Trinajstić information content (AvgIpc) is 3.37. The molecule has 0 saturated carbocycles. The van der Waals surface area contributed by atoms with Crippen LogP contribution in [0.15, 0.2) is 97.6 Å². The molecule has 0 aliphatic rings. The molecule has 170 valence electrons. The number of nitrogens with zero attached hydrogens (tertiary/aromatic N) is 3. The van der Waals surface area contributed by atoms with Gasteiger partial charge in [0.2, 0.25) is 0 Å². The van der Waals surface area contributed by atoms with Crippen molar-refractivity contribution in [2.24, 2.45) is 0 Å². The summed E-state index contributed by atoms with van der Waals surface area (Å²) in [6.45, 7) is 3.87. The van der Waals surface area contributed by atoms with E-state index in [1.165, 1.54) is 11.1 Å². The molecule has 0 radical (unpaired) electrons. The van der Waals surface area contributed by atoms with Crippen LogP contribution in [0.2, 0.25) is 10.0 Å². The summed E-state index contributed by atoms with van der Waals surface area (Å²) in [7, 11) is 0. The summed E-state index contributed by atoms with van der Waals surface area (Å²) in [6.07, 6.45) is 8.62. The lowest BCUT2D eigenvalue weighted by Gasteiger charge is -2.46. The second-order valence-corrected chi connectivity index (χ2v) is 9.18. The molecule has 3 nitrogen and oxygen atoms in total. The van der Waals surface area contributed by atoms with Crippen molar-refractivity contribution >= 4 is 23.2 Å². The summed E-state index contributed by atoms with van der Waals surface area (Å²) in [4.78, 5) is 6.85. The van der Waals surface area contributed by atoms with Crippen LogP contribution in [0.3, 0.4) is 0 Å². The van der Waals surface area contributed by atoms with Gasteiger partial charge in [-0.3, -0.25) is 4.90 Å². The fourth-order valence-corrected chi connectivity index (χ4v) is 4.91. The number of imidazole rings is 1. The third-order valence-corrected chi connectivity index (χ3v) is 6.78. The van der Waals surface area contributed by atoms with Crippen molar-refractivity contribution in [1.29, 1.82) is 0 Å². The van der Waals surface area contributed by atoms with Crippen molar-refractivity contribution in [2.45, 2.75) is 38.4 Å². The second kappa shape index (κ2) is 11.0. The molecule has 0 N–H and O–H groups in total. The van der Waals surface area contributed by atoms with Crippen LogP contribution in [0.1, 0.15) is 36.5 Å². The molecule has 0 spiro atoms. The van der Waals surface area contributed by atoms with Crippen LogP contribution in [0, 0.1) is 0 Å². The number of benzene rings is 3. The lowest BCUT2D eigenvalue weighted by Crippen LogP contribution is -2.50. The van der Waals surface area contributed by atoms with Gasteiger partial charge < -0.3 is 4.57 Å². The Labute approximate surface area is 206 Å². The van der Waals surface area contributed by atoms with Gasteiger partial charge in [-0.1, -0.05) is 97.2 Å². The minimum Gasteiger partial charge on any atom is -0.324 e. The molecule has 0 bridgehead atoms. The van der Waals surface area contributed by atoms with Crippen LogP contribution >= 0.6 is 23.2 Å². The third-order valence-electron chi connectivity index (χ3n) is 6.17. The highest BCUT2D eigenvalue weighted by Crippen LogP contribution is 2.41. The third kappa shape index (κ3) is 5.33. The number of aromatic nitrogens is 2. The quantitative estimate of drug-likeness (QED) is 0.236. The summed E-state index contributed by atoms with van der Waals surface area (Å²) in [5.41, 5.74) is 3.03. The van der Waals surface area contributed by atoms with E-state index in [0.717, 1.165) is 30.0 Å².